The minimum absolute atomic E-state index is 0.189. The van der Waals surface area contributed by atoms with E-state index in [0.717, 1.165) is 43.8 Å². The molecule has 134 valence electrons. The lowest BCUT2D eigenvalue weighted by atomic mass is 9.90. The number of halogens is 3. The van der Waals surface area contributed by atoms with E-state index in [-0.39, 0.29) is 5.92 Å². The zero-order valence-electron chi connectivity index (χ0n) is 14.4. The van der Waals surface area contributed by atoms with Gasteiger partial charge < -0.3 is 4.90 Å². The lowest BCUT2D eigenvalue weighted by molar-refractivity contribution is -0.137. The summed E-state index contributed by atoms with van der Waals surface area (Å²) in [7, 11) is 0. The third-order valence-corrected chi connectivity index (χ3v) is 4.76. The van der Waals surface area contributed by atoms with Crippen LogP contribution in [-0.4, -0.2) is 34.0 Å². The highest BCUT2D eigenvalue weighted by Crippen LogP contribution is 2.35. The van der Waals surface area contributed by atoms with E-state index in [1.165, 1.54) is 6.07 Å². The molecular formula is C19H22F3N3. The number of benzene rings is 1. The average Bonchev–Trinajstić information content (AvgIpc) is 2.61. The maximum absolute atomic E-state index is 13.0. The number of likely N-dealkylation sites (tertiary alicyclic amines) is 1. The Balaban J connectivity index is 1.97. The Bertz CT molecular complexity index is 728. The number of aromatic nitrogens is 2. The zero-order valence-corrected chi connectivity index (χ0v) is 14.4. The summed E-state index contributed by atoms with van der Waals surface area (Å²) in [5, 5.41) is 0. The van der Waals surface area contributed by atoms with Crippen molar-refractivity contribution in [2.75, 3.05) is 13.1 Å². The number of piperidine rings is 1. The zero-order chi connectivity index (χ0) is 18.0. The van der Waals surface area contributed by atoms with Crippen LogP contribution in [0.1, 0.15) is 43.9 Å². The molecule has 6 heteroatoms. The van der Waals surface area contributed by atoms with Crippen molar-refractivity contribution in [2.45, 2.75) is 44.8 Å². The first kappa shape index (κ1) is 17.9. The first-order chi connectivity index (χ1) is 11.9. The van der Waals surface area contributed by atoms with Gasteiger partial charge in [0, 0.05) is 36.5 Å². The van der Waals surface area contributed by atoms with Crippen LogP contribution in [0, 0.1) is 0 Å². The van der Waals surface area contributed by atoms with E-state index in [1.54, 1.807) is 18.5 Å². The molecule has 0 bridgehead atoms. The van der Waals surface area contributed by atoms with Gasteiger partial charge in [-0.15, -0.1) is 0 Å². The molecule has 0 aliphatic carbocycles. The number of nitrogens with zero attached hydrogens (tertiary/aromatic N) is 3. The second-order valence-electron chi connectivity index (χ2n) is 6.80. The van der Waals surface area contributed by atoms with E-state index in [4.69, 9.17) is 0 Å². The van der Waals surface area contributed by atoms with Crippen molar-refractivity contribution in [3.63, 3.8) is 0 Å². The molecule has 3 nitrogen and oxygen atoms in total. The molecule has 2 aromatic rings. The molecule has 1 fully saturated rings. The Morgan fingerprint density at radius 1 is 1.16 bits per heavy atom. The molecule has 3 rings (SSSR count). The van der Waals surface area contributed by atoms with Crippen molar-refractivity contribution >= 4 is 0 Å². The highest BCUT2D eigenvalue weighted by Gasteiger charge is 2.31. The Morgan fingerprint density at radius 2 is 1.92 bits per heavy atom. The Morgan fingerprint density at radius 3 is 2.64 bits per heavy atom. The fourth-order valence-corrected chi connectivity index (χ4v) is 3.41. The van der Waals surface area contributed by atoms with Gasteiger partial charge in [-0.25, -0.2) is 0 Å². The lowest BCUT2D eigenvalue weighted by Gasteiger charge is -2.35. The largest absolute Gasteiger partial charge is 0.416 e. The monoisotopic (exact) mass is 349 g/mol. The summed E-state index contributed by atoms with van der Waals surface area (Å²) < 4.78 is 39.1. The molecule has 1 atom stereocenters. The minimum Gasteiger partial charge on any atom is -0.300 e. The Hall–Kier alpha value is -1.95. The van der Waals surface area contributed by atoms with Crippen molar-refractivity contribution in [3.05, 3.63) is 47.9 Å². The maximum Gasteiger partial charge on any atom is 0.416 e. The molecule has 1 aromatic heterocycles. The summed E-state index contributed by atoms with van der Waals surface area (Å²) in [6.07, 6.45) is 0.843. The molecule has 25 heavy (non-hydrogen) atoms. The summed E-state index contributed by atoms with van der Waals surface area (Å²) >= 11 is 0. The highest BCUT2D eigenvalue weighted by molar-refractivity contribution is 5.63. The summed E-state index contributed by atoms with van der Waals surface area (Å²) in [5.74, 6) is 0.189. The Kier molecular flexibility index (Phi) is 5.08. The van der Waals surface area contributed by atoms with Gasteiger partial charge in [0.1, 0.15) is 0 Å². The number of hydrogen-bond acceptors (Lipinski definition) is 3. The van der Waals surface area contributed by atoms with Crippen molar-refractivity contribution in [2.24, 2.45) is 0 Å². The molecule has 1 aliphatic rings. The predicted octanol–water partition coefficient (Wildman–Crippen LogP) is 4.75. The molecule has 0 N–H and O–H groups in total. The van der Waals surface area contributed by atoms with Gasteiger partial charge in [0.15, 0.2) is 0 Å². The van der Waals surface area contributed by atoms with Crippen LogP contribution in [0.4, 0.5) is 13.2 Å². The maximum atomic E-state index is 13.0. The molecule has 0 saturated carbocycles. The van der Waals surface area contributed by atoms with E-state index in [9.17, 15) is 13.2 Å². The smallest absolute Gasteiger partial charge is 0.300 e. The summed E-state index contributed by atoms with van der Waals surface area (Å²) in [4.78, 5) is 11.3. The molecule has 1 aromatic carbocycles. The van der Waals surface area contributed by atoms with Gasteiger partial charge >= 0.3 is 6.18 Å². The van der Waals surface area contributed by atoms with Crippen molar-refractivity contribution in [3.8, 4) is 11.3 Å². The lowest BCUT2D eigenvalue weighted by Crippen LogP contribution is -2.39. The van der Waals surface area contributed by atoms with Crippen LogP contribution in [0.25, 0.3) is 11.3 Å². The van der Waals surface area contributed by atoms with E-state index in [2.05, 4.69) is 28.7 Å². The summed E-state index contributed by atoms with van der Waals surface area (Å²) in [6.45, 7) is 6.23. The van der Waals surface area contributed by atoms with Crippen molar-refractivity contribution in [1.29, 1.82) is 0 Å². The van der Waals surface area contributed by atoms with E-state index in [0.29, 0.717) is 17.3 Å². The molecule has 0 radical (unpaired) electrons. The minimum atomic E-state index is -4.36. The van der Waals surface area contributed by atoms with Crippen LogP contribution in [0.3, 0.4) is 0 Å². The predicted molar refractivity (Wildman–Crippen MR) is 91.2 cm³/mol. The number of rotatable bonds is 3. The van der Waals surface area contributed by atoms with Gasteiger partial charge in [0.25, 0.3) is 0 Å². The van der Waals surface area contributed by atoms with E-state index in [1.807, 2.05) is 0 Å². The summed E-state index contributed by atoms with van der Waals surface area (Å²) in [5.41, 5.74) is 1.17. The molecule has 0 spiro atoms. The number of alkyl halides is 3. The van der Waals surface area contributed by atoms with Crippen LogP contribution in [0.5, 0.6) is 0 Å². The van der Waals surface area contributed by atoms with Crippen LogP contribution in [0.15, 0.2) is 36.7 Å². The normalized spacial score (nSPS) is 19.4. The third kappa shape index (κ3) is 4.00. The third-order valence-electron chi connectivity index (χ3n) is 4.76. The van der Waals surface area contributed by atoms with Gasteiger partial charge in [-0.2, -0.15) is 13.2 Å². The molecule has 2 heterocycles. The summed E-state index contributed by atoms with van der Waals surface area (Å²) in [6, 6.07) is 5.79. The fraction of sp³-hybridized carbons (Fsp3) is 0.474. The average molecular weight is 349 g/mol. The molecule has 1 aliphatic heterocycles. The SMILES string of the molecule is CC(C)N1CCC[C@@H](c2nccnc2-c2cccc(C(F)(F)F)c2)C1. The standard InChI is InChI=1S/C19H22F3N3/c1-13(2)25-10-4-6-15(12-25)18-17(23-8-9-24-18)14-5-3-7-16(11-14)19(20,21)22/h3,5,7-9,11,13,15H,4,6,10,12H2,1-2H3/t15-/m1/s1. The first-order valence-electron chi connectivity index (χ1n) is 8.59. The van der Waals surface area contributed by atoms with Crippen LogP contribution >= 0.6 is 0 Å². The first-order valence-corrected chi connectivity index (χ1v) is 8.59. The van der Waals surface area contributed by atoms with Gasteiger partial charge in [-0.05, 0) is 45.4 Å². The van der Waals surface area contributed by atoms with Gasteiger partial charge in [-0.3, -0.25) is 9.97 Å². The molecule has 1 saturated heterocycles. The second-order valence-corrected chi connectivity index (χ2v) is 6.80. The van der Waals surface area contributed by atoms with E-state index >= 15 is 0 Å². The topological polar surface area (TPSA) is 29.0 Å². The van der Waals surface area contributed by atoms with Gasteiger partial charge in [0.2, 0.25) is 0 Å². The van der Waals surface area contributed by atoms with Crippen LogP contribution in [-0.2, 0) is 6.18 Å². The fourth-order valence-electron chi connectivity index (χ4n) is 3.41. The highest BCUT2D eigenvalue weighted by atomic mass is 19.4. The molecule has 0 unspecified atom stereocenters. The van der Waals surface area contributed by atoms with E-state index < -0.39 is 11.7 Å². The van der Waals surface area contributed by atoms with Gasteiger partial charge in [-0.1, -0.05) is 12.1 Å². The van der Waals surface area contributed by atoms with Crippen molar-refractivity contribution < 1.29 is 13.2 Å². The Labute approximate surface area is 145 Å². The van der Waals surface area contributed by atoms with Gasteiger partial charge in [0.05, 0.1) is 17.0 Å². The number of hydrogen-bond donors (Lipinski definition) is 0. The molecule has 0 amide bonds. The molecular weight excluding hydrogens is 327 g/mol. The van der Waals surface area contributed by atoms with Crippen LogP contribution < -0.4 is 0 Å². The second kappa shape index (κ2) is 7.12. The van der Waals surface area contributed by atoms with Crippen LogP contribution in [0.2, 0.25) is 0 Å². The van der Waals surface area contributed by atoms with Crippen molar-refractivity contribution in [1.82, 2.24) is 14.9 Å². The quantitative estimate of drug-likeness (QED) is 0.801.